The number of nitrogens with one attached hydrogen (secondary N) is 2. The van der Waals surface area contributed by atoms with E-state index in [1.165, 1.54) is 24.1 Å². The van der Waals surface area contributed by atoms with E-state index < -0.39 is 26.3 Å². The Morgan fingerprint density at radius 2 is 2.25 bits per heavy atom. The van der Waals surface area contributed by atoms with Gasteiger partial charge in [-0.15, -0.1) is 0 Å². The maximum atomic E-state index is 10.7. The van der Waals surface area contributed by atoms with Crippen LogP contribution in [-0.2, 0) is 9.30 Å². The molecule has 0 saturated carbocycles. The molecule has 0 aromatic carbocycles. The first kappa shape index (κ1) is 14.8. The lowest BCUT2D eigenvalue weighted by Gasteiger charge is -2.22. The van der Waals surface area contributed by atoms with Gasteiger partial charge in [0.2, 0.25) is 0 Å². The van der Waals surface area contributed by atoms with Gasteiger partial charge in [-0.1, -0.05) is 0 Å². The largest absolute Gasteiger partial charge is 0.370 e. The molecule has 0 aliphatic carbocycles. The van der Waals surface area contributed by atoms with Crippen molar-refractivity contribution in [3.8, 4) is 0 Å². The third kappa shape index (κ3) is 3.11. The first-order chi connectivity index (χ1) is 9.29. The number of fused-ring (bicyclic) bond motifs is 1. The van der Waals surface area contributed by atoms with E-state index in [2.05, 4.69) is 15.0 Å². The highest BCUT2D eigenvalue weighted by atomic mass is 31.2. The topological polar surface area (TPSA) is 157 Å². The van der Waals surface area contributed by atoms with Gasteiger partial charge in [0.05, 0.1) is 6.33 Å². The van der Waals surface area contributed by atoms with Crippen LogP contribution in [0.2, 0.25) is 0 Å². The number of hydrogen-bond acceptors (Lipinski definition) is 6. The second kappa shape index (κ2) is 5.43. The number of aromatic nitrogens is 4. The molecule has 11 heteroatoms. The summed E-state index contributed by atoms with van der Waals surface area (Å²) in [7, 11) is -4.30. The summed E-state index contributed by atoms with van der Waals surface area (Å²) in [5.74, 6) is 0. The molecule has 2 aromatic rings. The van der Waals surface area contributed by atoms with E-state index in [4.69, 9.17) is 19.9 Å². The summed E-state index contributed by atoms with van der Waals surface area (Å²) in [5.41, 5.74) is 0.614. The summed E-state index contributed by atoms with van der Waals surface area (Å²) in [6.45, 7) is 1.46. The van der Waals surface area contributed by atoms with Crippen molar-refractivity contribution in [1.82, 2.24) is 19.5 Å². The third-order valence-corrected chi connectivity index (χ3v) is 3.11. The van der Waals surface area contributed by atoms with E-state index in [1.54, 1.807) is 0 Å². The molecule has 0 fully saturated rings. The minimum absolute atomic E-state index is 0.0234. The van der Waals surface area contributed by atoms with Crippen LogP contribution < -0.4 is 5.49 Å². The zero-order valence-electron chi connectivity index (χ0n) is 10.5. The Bertz CT molecular complexity index is 706. The number of aliphatic hydroxyl groups excluding tert-OH is 1. The van der Waals surface area contributed by atoms with Crippen molar-refractivity contribution in [1.29, 1.82) is 5.41 Å². The van der Waals surface area contributed by atoms with E-state index in [0.29, 0.717) is 11.2 Å². The highest BCUT2D eigenvalue weighted by Crippen LogP contribution is 2.35. The highest BCUT2D eigenvalue weighted by molar-refractivity contribution is 7.51. The van der Waals surface area contributed by atoms with Gasteiger partial charge in [-0.3, -0.25) is 14.5 Å². The number of H-pyrrole nitrogens is 1. The number of imidazole rings is 1. The number of aliphatic hydroxyl groups is 1. The number of aromatic amines is 1. The fourth-order valence-electron chi connectivity index (χ4n) is 1.62. The summed E-state index contributed by atoms with van der Waals surface area (Å²) in [4.78, 5) is 27.9. The average Bonchev–Trinajstić information content (AvgIpc) is 2.85. The summed E-state index contributed by atoms with van der Waals surface area (Å²) in [6, 6.07) is 0. The third-order valence-electron chi connectivity index (χ3n) is 2.62. The van der Waals surface area contributed by atoms with Gasteiger partial charge in [0, 0.05) is 0 Å². The molecule has 0 amide bonds. The first-order valence-corrected chi connectivity index (χ1v) is 7.38. The normalized spacial score (nSPS) is 15.4. The molecular weight excluding hydrogens is 289 g/mol. The van der Waals surface area contributed by atoms with Gasteiger partial charge in [-0.2, -0.15) is 0 Å². The number of rotatable bonds is 5. The molecular formula is C9H14N5O5P. The minimum Gasteiger partial charge on any atom is -0.370 e. The van der Waals surface area contributed by atoms with E-state index in [9.17, 15) is 9.67 Å². The molecule has 0 spiro atoms. The Morgan fingerprint density at radius 3 is 2.90 bits per heavy atom. The smallest absolute Gasteiger partial charge is 0.350 e. The molecule has 0 radical (unpaired) electrons. The van der Waals surface area contributed by atoms with Crippen LogP contribution in [0.4, 0.5) is 0 Å². The van der Waals surface area contributed by atoms with Crippen molar-refractivity contribution < 1.29 is 24.2 Å². The Hall–Kier alpha value is -1.58. The van der Waals surface area contributed by atoms with Crippen molar-refractivity contribution in [2.45, 2.75) is 19.3 Å². The fraction of sp³-hybridized carbons (Fsp3) is 0.444. The van der Waals surface area contributed by atoms with Gasteiger partial charge in [0.15, 0.2) is 17.4 Å². The summed E-state index contributed by atoms with van der Waals surface area (Å²) in [5, 5.41) is 17.7. The van der Waals surface area contributed by atoms with Crippen LogP contribution in [0.1, 0.15) is 13.2 Å². The van der Waals surface area contributed by atoms with Crippen LogP contribution >= 0.6 is 7.60 Å². The maximum absolute atomic E-state index is 10.7. The summed E-state index contributed by atoms with van der Waals surface area (Å²) < 4.78 is 16.9. The molecule has 5 N–H and O–H groups in total. The summed E-state index contributed by atoms with van der Waals surface area (Å²) >= 11 is 0. The van der Waals surface area contributed by atoms with Gasteiger partial charge in [0.25, 0.3) is 0 Å². The molecule has 2 rings (SSSR count). The predicted molar refractivity (Wildman–Crippen MR) is 66.4 cm³/mol. The molecule has 1 unspecified atom stereocenters. The van der Waals surface area contributed by atoms with Crippen molar-refractivity contribution in [3.05, 3.63) is 18.1 Å². The second-order valence-corrected chi connectivity index (χ2v) is 5.77. The molecule has 0 aliphatic heterocycles. The van der Waals surface area contributed by atoms with Gasteiger partial charge in [-0.05, 0) is 6.92 Å². The van der Waals surface area contributed by atoms with Gasteiger partial charge < -0.3 is 24.6 Å². The van der Waals surface area contributed by atoms with Crippen molar-refractivity contribution >= 4 is 18.8 Å². The van der Waals surface area contributed by atoms with Crippen molar-refractivity contribution in [2.24, 2.45) is 0 Å². The zero-order valence-corrected chi connectivity index (χ0v) is 11.4. The molecule has 2 heterocycles. The molecule has 0 saturated heterocycles. The lowest BCUT2D eigenvalue weighted by Crippen LogP contribution is -2.27. The van der Waals surface area contributed by atoms with Gasteiger partial charge >= 0.3 is 7.60 Å². The molecule has 2 atom stereocenters. The predicted octanol–water partition coefficient (Wildman–Crippen LogP) is -0.730. The number of hydrogen-bond donors (Lipinski definition) is 5. The first-order valence-electron chi connectivity index (χ1n) is 5.58. The van der Waals surface area contributed by atoms with Gasteiger partial charge in [0.1, 0.15) is 24.3 Å². The molecule has 0 aliphatic rings. The quantitative estimate of drug-likeness (QED) is 0.455. The standard InChI is InChI=1S/C9H14N5O5P/c1-5(19-4-20(16,17)18)9(15)14-3-13-7(10)6-8(14)12-2-11-6/h2-3,5,9-10,15H,4H2,1H3,(H,11,12)(H2,16,17,18)/t5?,9-/m1/s1. The summed E-state index contributed by atoms with van der Waals surface area (Å²) in [6.07, 6.45) is -0.367. The monoisotopic (exact) mass is 303 g/mol. The van der Waals surface area contributed by atoms with Crippen LogP contribution in [0.5, 0.6) is 0 Å². The molecule has 20 heavy (non-hydrogen) atoms. The lowest BCUT2D eigenvalue weighted by molar-refractivity contribution is -0.0504. The van der Waals surface area contributed by atoms with E-state index >= 15 is 0 Å². The number of ether oxygens (including phenoxy) is 1. The van der Waals surface area contributed by atoms with Crippen molar-refractivity contribution in [3.63, 3.8) is 0 Å². The molecule has 2 aromatic heterocycles. The Balaban J connectivity index is 2.25. The van der Waals surface area contributed by atoms with Crippen LogP contribution in [0, 0.1) is 5.41 Å². The number of nitrogens with zero attached hydrogens (tertiary/aromatic N) is 3. The van der Waals surface area contributed by atoms with E-state index in [1.807, 2.05) is 0 Å². The fourth-order valence-corrected chi connectivity index (χ4v) is 2.05. The second-order valence-electron chi connectivity index (χ2n) is 4.18. The maximum Gasteiger partial charge on any atom is 0.350 e. The highest BCUT2D eigenvalue weighted by Gasteiger charge is 2.23. The Labute approximate surface area is 112 Å². The SMILES string of the molecule is CC(OCP(=O)(O)O)[C@@H](O)n1cnc(=N)c2[nH]cnc21. The lowest BCUT2D eigenvalue weighted by atomic mass is 10.3. The Kier molecular flexibility index (Phi) is 4.02. The minimum atomic E-state index is -4.30. The molecule has 110 valence electrons. The molecule has 10 nitrogen and oxygen atoms in total. The zero-order chi connectivity index (χ0) is 14.9. The van der Waals surface area contributed by atoms with Gasteiger partial charge in [-0.25, -0.2) is 9.97 Å². The Morgan fingerprint density at radius 1 is 1.55 bits per heavy atom. The van der Waals surface area contributed by atoms with Crippen LogP contribution in [0.25, 0.3) is 11.2 Å². The average molecular weight is 303 g/mol. The van der Waals surface area contributed by atoms with E-state index in [0.717, 1.165) is 0 Å². The van der Waals surface area contributed by atoms with Crippen LogP contribution in [0.15, 0.2) is 12.7 Å². The van der Waals surface area contributed by atoms with E-state index in [-0.39, 0.29) is 5.49 Å². The van der Waals surface area contributed by atoms with Crippen LogP contribution in [-0.4, -0.2) is 46.9 Å². The van der Waals surface area contributed by atoms with Crippen molar-refractivity contribution in [2.75, 3.05) is 6.35 Å². The van der Waals surface area contributed by atoms with Crippen LogP contribution in [0.3, 0.4) is 0 Å². The molecule has 0 bridgehead atoms.